The van der Waals surface area contributed by atoms with Gasteiger partial charge >= 0.3 is 0 Å². The zero-order chi connectivity index (χ0) is 12.4. The van der Waals surface area contributed by atoms with Crippen LogP contribution in [0.4, 0.5) is 4.39 Å². The Labute approximate surface area is 107 Å². The highest BCUT2D eigenvalue weighted by atomic mass is 19.1. The lowest BCUT2D eigenvalue weighted by atomic mass is 10.0. The average Bonchev–Trinajstić information content (AvgIpc) is 2.81. The Hall–Kier alpha value is -1.89. The highest BCUT2D eigenvalue weighted by molar-refractivity contribution is 5.50. The summed E-state index contributed by atoms with van der Waals surface area (Å²) in [6.45, 7) is 0. The molecule has 0 saturated carbocycles. The van der Waals surface area contributed by atoms with Gasteiger partial charge in [-0.25, -0.2) is 4.39 Å². The number of allylic oxidation sites excluding steroid dienone is 1. The maximum Gasteiger partial charge on any atom is 0.123 e. The van der Waals surface area contributed by atoms with Crippen LogP contribution in [0.1, 0.15) is 16.7 Å². The standard InChI is InChI=1S/C17H15F/c18-17-9-7-13(8-10-17)5-6-14-11-15-3-1-2-4-16(15)12-14/h1-10,14H,11-12H2/b6-5+. The summed E-state index contributed by atoms with van der Waals surface area (Å²) >= 11 is 0. The molecule has 0 atom stereocenters. The van der Waals surface area contributed by atoms with Crippen LogP contribution in [0.15, 0.2) is 54.6 Å². The lowest BCUT2D eigenvalue weighted by molar-refractivity contribution is 0.627. The topological polar surface area (TPSA) is 0 Å². The van der Waals surface area contributed by atoms with Gasteiger partial charge in [-0.15, -0.1) is 0 Å². The van der Waals surface area contributed by atoms with Crippen LogP contribution < -0.4 is 0 Å². The van der Waals surface area contributed by atoms with Crippen LogP contribution in [0.2, 0.25) is 0 Å². The smallest absolute Gasteiger partial charge is 0.123 e. The predicted molar refractivity (Wildman–Crippen MR) is 72.8 cm³/mol. The molecule has 0 N–H and O–H groups in total. The molecule has 0 radical (unpaired) electrons. The van der Waals surface area contributed by atoms with E-state index in [-0.39, 0.29) is 5.82 Å². The summed E-state index contributed by atoms with van der Waals surface area (Å²) < 4.78 is 12.8. The predicted octanol–water partition coefficient (Wildman–Crippen LogP) is 4.25. The maximum absolute atomic E-state index is 12.8. The molecular weight excluding hydrogens is 223 g/mol. The van der Waals surface area contributed by atoms with Gasteiger partial charge in [0.2, 0.25) is 0 Å². The zero-order valence-corrected chi connectivity index (χ0v) is 10.1. The molecule has 0 aromatic heterocycles. The third kappa shape index (κ3) is 2.35. The fraction of sp³-hybridized carbons (Fsp3) is 0.176. The molecule has 0 aliphatic heterocycles. The fourth-order valence-corrected chi connectivity index (χ4v) is 2.55. The Morgan fingerprint density at radius 2 is 1.50 bits per heavy atom. The molecule has 0 heterocycles. The summed E-state index contributed by atoms with van der Waals surface area (Å²) in [5.74, 6) is 0.396. The molecule has 90 valence electrons. The van der Waals surface area contributed by atoms with Gasteiger partial charge in [0.05, 0.1) is 0 Å². The number of benzene rings is 2. The molecule has 0 spiro atoms. The maximum atomic E-state index is 12.8. The Bertz CT molecular complexity index is 541. The highest BCUT2D eigenvalue weighted by Gasteiger charge is 2.17. The van der Waals surface area contributed by atoms with Crippen molar-refractivity contribution >= 4 is 6.08 Å². The molecule has 1 aliphatic rings. The molecule has 0 nitrogen and oxygen atoms in total. The van der Waals surface area contributed by atoms with E-state index in [9.17, 15) is 4.39 Å². The number of fused-ring (bicyclic) bond motifs is 1. The molecule has 2 aromatic rings. The quantitative estimate of drug-likeness (QED) is 0.733. The van der Waals surface area contributed by atoms with E-state index in [0.29, 0.717) is 5.92 Å². The van der Waals surface area contributed by atoms with Crippen molar-refractivity contribution < 1.29 is 4.39 Å². The van der Waals surface area contributed by atoms with Crippen LogP contribution >= 0.6 is 0 Å². The van der Waals surface area contributed by atoms with Crippen molar-refractivity contribution in [1.29, 1.82) is 0 Å². The summed E-state index contributed by atoms with van der Waals surface area (Å²) in [6.07, 6.45) is 6.57. The lowest BCUT2D eigenvalue weighted by Gasteiger charge is -2.00. The molecule has 0 bridgehead atoms. The molecule has 0 amide bonds. The minimum atomic E-state index is -0.180. The van der Waals surface area contributed by atoms with Crippen molar-refractivity contribution in [2.75, 3.05) is 0 Å². The number of rotatable bonds is 2. The van der Waals surface area contributed by atoms with Crippen molar-refractivity contribution in [3.8, 4) is 0 Å². The van der Waals surface area contributed by atoms with Crippen LogP contribution in [0.5, 0.6) is 0 Å². The van der Waals surface area contributed by atoms with Crippen LogP contribution in [0.3, 0.4) is 0 Å². The second-order valence-corrected chi connectivity index (χ2v) is 4.85. The molecule has 0 fully saturated rings. The van der Waals surface area contributed by atoms with Gasteiger partial charge in [-0.1, -0.05) is 48.6 Å². The van der Waals surface area contributed by atoms with Gasteiger partial charge in [-0.3, -0.25) is 0 Å². The first-order valence-corrected chi connectivity index (χ1v) is 6.32. The van der Waals surface area contributed by atoms with E-state index in [2.05, 4.69) is 36.4 Å². The van der Waals surface area contributed by atoms with Crippen molar-refractivity contribution in [2.45, 2.75) is 12.8 Å². The van der Waals surface area contributed by atoms with Gasteiger partial charge in [0, 0.05) is 0 Å². The van der Waals surface area contributed by atoms with Crippen LogP contribution in [-0.4, -0.2) is 0 Å². The van der Waals surface area contributed by atoms with Crippen molar-refractivity contribution in [3.05, 3.63) is 77.1 Å². The summed E-state index contributed by atoms with van der Waals surface area (Å²) in [5, 5.41) is 0. The third-order valence-electron chi connectivity index (χ3n) is 3.51. The Morgan fingerprint density at radius 1 is 0.889 bits per heavy atom. The SMILES string of the molecule is Fc1ccc(/C=C/C2Cc3ccccc3C2)cc1. The molecular formula is C17H15F. The van der Waals surface area contributed by atoms with Gasteiger partial charge in [0.1, 0.15) is 5.82 Å². The molecule has 0 saturated heterocycles. The molecule has 1 heteroatoms. The van der Waals surface area contributed by atoms with E-state index >= 15 is 0 Å². The van der Waals surface area contributed by atoms with E-state index in [1.54, 1.807) is 0 Å². The monoisotopic (exact) mass is 238 g/mol. The molecule has 3 rings (SSSR count). The van der Waals surface area contributed by atoms with Crippen LogP contribution in [0.25, 0.3) is 6.08 Å². The zero-order valence-electron chi connectivity index (χ0n) is 10.1. The highest BCUT2D eigenvalue weighted by Crippen LogP contribution is 2.27. The summed E-state index contributed by atoms with van der Waals surface area (Å²) in [6, 6.07) is 15.3. The molecule has 1 aliphatic carbocycles. The van der Waals surface area contributed by atoms with Gasteiger partial charge in [-0.05, 0) is 47.6 Å². The first-order valence-electron chi connectivity index (χ1n) is 6.32. The second-order valence-electron chi connectivity index (χ2n) is 4.85. The number of halogens is 1. The number of hydrogen-bond acceptors (Lipinski definition) is 0. The van der Waals surface area contributed by atoms with E-state index in [1.807, 2.05) is 12.1 Å². The second kappa shape index (κ2) is 4.77. The average molecular weight is 238 g/mol. The Kier molecular flexibility index (Phi) is 2.97. The van der Waals surface area contributed by atoms with Gasteiger partial charge < -0.3 is 0 Å². The number of hydrogen-bond donors (Lipinski definition) is 0. The summed E-state index contributed by atoms with van der Waals surface area (Å²) in [5.41, 5.74) is 3.99. The van der Waals surface area contributed by atoms with E-state index in [0.717, 1.165) is 18.4 Å². The van der Waals surface area contributed by atoms with E-state index < -0.39 is 0 Å². The summed E-state index contributed by atoms with van der Waals surface area (Å²) in [4.78, 5) is 0. The third-order valence-corrected chi connectivity index (χ3v) is 3.51. The minimum Gasteiger partial charge on any atom is -0.207 e. The van der Waals surface area contributed by atoms with E-state index in [4.69, 9.17) is 0 Å². The first-order chi connectivity index (χ1) is 8.81. The van der Waals surface area contributed by atoms with Crippen molar-refractivity contribution in [1.82, 2.24) is 0 Å². The largest absolute Gasteiger partial charge is 0.207 e. The van der Waals surface area contributed by atoms with Crippen LogP contribution in [0, 0.1) is 11.7 Å². The molecule has 2 aromatic carbocycles. The van der Waals surface area contributed by atoms with Crippen molar-refractivity contribution in [3.63, 3.8) is 0 Å². The Morgan fingerprint density at radius 3 is 2.11 bits per heavy atom. The van der Waals surface area contributed by atoms with Gasteiger partial charge in [0.15, 0.2) is 0 Å². The Balaban J connectivity index is 1.71. The lowest BCUT2D eigenvalue weighted by Crippen LogP contribution is -1.93. The molecule has 18 heavy (non-hydrogen) atoms. The summed E-state index contributed by atoms with van der Waals surface area (Å²) in [7, 11) is 0. The van der Waals surface area contributed by atoms with Gasteiger partial charge in [0.25, 0.3) is 0 Å². The fourth-order valence-electron chi connectivity index (χ4n) is 2.55. The molecule has 0 unspecified atom stereocenters. The van der Waals surface area contributed by atoms with Crippen molar-refractivity contribution in [2.24, 2.45) is 5.92 Å². The minimum absolute atomic E-state index is 0.180. The van der Waals surface area contributed by atoms with Crippen LogP contribution in [-0.2, 0) is 12.8 Å². The van der Waals surface area contributed by atoms with E-state index in [1.165, 1.54) is 23.3 Å². The van der Waals surface area contributed by atoms with Gasteiger partial charge in [-0.2, -0.15) is 0 Å². The first kappa shape index (κ1) is 11.2. The normalized spacial score (nSPS) is 15.2.